The predicted molar refractivity (Wildman–Crippen MR) is 128 cm³/mol. The minimum absolute atomic E-state index is 0.0795. The van der Waals surface area contributed by atoms with Crippen molar-refractivity contribution in [1.29, 1.82) is 0 Å². The van der Waals surface area contributed by atoms with E-state index >= 15 is 0 Å². The molecule has 2 aliphatic heterocycles. The van der Waals surface area contributed by atoms with Gasteiger partial charge in [-0.2, -0.15) is 0 Å². The third-order valence-electron chi connectivity index (χ3n) is 7.71. The van der Waals surface area contributed by atoms with Crippen LogP contribution in [-0.2, 0) is 19.1 Å². The molecule has 2 N–H and O–H groups in total. The summed E-state index contributed by atoms with van der Waals surface area (Å²) in [5.74, 6) is -1.57. The fraction of sp³-hybridized carbons (Fsp3) is 0.444. The second-order valence-electron chi connectivity index (χ2n) is 10.2. The van der Waals surface area contributed by atoms with Crippen LogP contribution in [-0.4, -0.2) is 66.4 Å². The molecule has 0 spiro atoms. The minimum Gasteiger partial charge on any atom is -0.481 e. The lowest BCUT2D eigenvalue weighted by molar-refractivity contribution is -0.157. The summed E-state index contributed by atoms with van der Waals surface area (Å²) in [4.78, 5) is 39.7. The number of nitrogens with zero attached hydrogens (tertiary/aromatic N) is 1. The molecule has 2 aromatic carbocycles. The lowest BCUT2D eigenvalue weighted by Crippen LogP contribution is -2.56. The molecule has 0 bridgehead atoms. The summed E-state index contributed by atoms with van der Waals surface area (Å²) in [6, 6.07) is 16.2. The van der Waals surface area contributed by atoms with E-state index in [1.54, 1.807) is 13.8 Å². The molecule has 35 heavy (non-hydrogen) atoms. The molecule has 2 heterocycles. The van der Waals surface area contributed by atoms with Gasteiger partial charge in [-0.05, 0) is 42.5 Å². The van der Waals surface area contributed by atoms with E-state index in [-0.39, 0.29) is 30.9 Å². The van der Waals surface area contributed by atoms with Crippen molar-refractivity contribution in [1.82, 2.24) is 10.2 Å². The van der Waals surface area contributed by atoms with Crippen molar-refractivity contribution in [2.45, 2.75) is 31.7 Å². The second-order valence-corrected chi connectivity index (χ2v) is 10.2. The van der Waals surface area contributed by atoms with Gasteiger partial charge in [0.2, 0.25) is 5.91 Å². The van der Waals surface area contributed by atoms with Crippen LogP contribution < -0.4 is 5.32 Å². The number of amides is 2. The van der Waals surface area contributed by atoms with Gasteiger partial charge in [-0.15, -0.1) is 0 Å². The van der Waals surface area contributed by atoms with E-state index in [4.69, 9.17) is 9.47 Å². The maximum atomic E-state index is 13.3. The van der Waals surface area contributed by atoms with Crippen molar-refractivity contribution in [3.8, 4) is 11.1 Å². The molecule has 2 atom stereocenters. The molecule has 2 fully saturated rings. The number of carbonyl (C=O) groups is 3. The highest BCUT2D eigenvalue weighted by Crippen LogP contribution is 2.45. The first-order valence-corrected chi connectivity index (χ1v) is 12.0. The van der Waals surface area contributed by atoms with E-state index in [1.165, 1.54) is 4.90 Å². The molecule has 184 valence electrons. The molecule has 0 radical (unpaired) electrons. The third-order valence-corrected chi connectivity index (χ3v) is 7.71. The number of carboxylic acids is 1. The molecule has 3 aliphatic rings. The fourth-order valence-corrected chi connectivity index (χ4v) is 5.79. The van der Waals surface area contributed by atoms with Crippen LogP contribution in [0.5, 0.6) is 0 Å². The molecule has 1 aliphatic carbocycles. The summed E-state index contributed by atoms with van der Waals surface area (Å²) in [6.45, 7) is 4.47. The molecular weight excluding hydrogens is 448 g/mol. The number of benzene rings is 2. The van der Waals surface area contributed by atoms with Crippen LogP contribution in [0.15, 0.2) is 48.5 Å². The van der Waals surface area contributed by atoms with Gasteiger partial charge in [0, 0.05) is 31.5 Å². The number of alkyl carbamates (subject to hydrolysis) is 1. The number of fused-ring (bicyclic) bond motifs is 4. The molecule has 8 nitrogen and oxygen atoms in total. The summed E-state index contributed by atoms with van der Waals surface area (Å²) >= 11 is 0. The fourth-order valence-electron chi connectivity index (χ4n) is 5.79. The maximum Gasteiger partial charge on any atom is 0.408 e. The zero-order valence-electron chi connectivity index (χ0n) is 20.0. The molecule has 2 unspecified atom stereocenters. The van der Waals surface area contributed by atoms with Crippen molar-refractivity contribution >= 4 is 18.0 Å². The first kappa shape index (κ1) is 23.4. The number of likely N-dealkylation sites (tertiary alicyclic amines) is 1. The van der Waals surface area contributed by atoms with Crippen LogP contribution in [0.1, 0.15) is 37.3 Å². The molecule has 5 rings (SSSR count). The topological polar surface area (TPSA) is 105 Å². The lowest BCUT2D eigenvalue weighted by Gasteiger charge is -2.34. The Hall–Kier alpha value is -3.39. The largest absolute Gasteiger partial charge is 0.481 e. The molecule has 2 amide bonds. The molecule has 8 heteroatoms. The summed E-state index contributed by atoms with van der Waals surface area (Å²) in [5.41, 5.74) is 2.25. The van der Waals surface area contributed by atoms with Gasteiger partial charge in [0.05, 0.1) is 12.0 Å². The van der Waals surface area contributed by atoms with E-state index in [1.807, 2.05) is 36.4 Å². The number of hydrogen-bond donors (Lipinski definition) is 2. The zero-order chi connectivity index (χ0) is 24.8. The molecular formula is C27H30N2O6. The molecule has 0 saturated carbocycles. The summed E-state index contributed by atoms with van der Waals surface area (Å²) < 4.78 is 11.1. The van der Waals surface area contributed by atoms with Gasteiger partial charge >= 0.3 is 12.1 Å². The van der Waals surface area contributed by atoms with Crippen LogP contribution in [0, 0.1) is 11.3 Å². The van der Waals surface area contributed by atoms with E-state index in [0.29, 0.717) is 26.2 Å². The van der Waals surface area contributed by atoms with Gasteiger partial charge in [0.25, 0.3) is 0 Å². The Kier molecular flexibility index (Phi) is 5.79. The first-order valence-electron chi connectivity index (χ1n) is 12.0. The van der Waals surface area contributed by atoms with Crippen molar-refractivity contribution in [3.63, 3.8) is 0 Å². The Balaban J connectivity index is 1.24. The summed E-state index contributed by atoms with van der Waals surface area (Å²) in [5, 5.41) is 12.6. The summed E-state index contributed by atoms with van der Waals surface area (Å²) in [6.07, 6.45) is -0.310. The number of carbonyl (C=O) groups excluding carboxylic acids is 2. The molecule has 0 aromatic heterocycles. The Morgan fingerprint density at radius 1 is 1.11 bits per heavy atom. The predicted octanol–water partition coefficient (Wildman–Crippen LogP) is 3.25. The van der Waals surface area contributed by atoms with Crippen LogP contribution in [0.4, 0.5) is 4.79 Å². The summed E-state index contributed by atoms with van der Waals surface area (Å²) in [7, 11) is 0. The highest BCUT2D eigenvalue weighted by molar-refractivity contribution is 5.90. The second kappa shape index (κ2) is 8.68. The number of ether oxygens (including phenoxy) is 2. The first-order chi connectivity index (χ1) is 16.7. The van der Waals surface area contributed by atoms with Crippen LogP contribution in [0.25, 0.3) is 11.1 Å². The Morgan fingerprint density at radius 3 is 2.34 bits per heavy atom. The number of aliphatic carboxylic acids is 1. The van der Waals surface area contributed by atoms with Gasteiger partial charge in [0.1, 0.15) is 12.1 Å². The third kappa shape index (κ3) is 3.95. The van der Waals surface area contributed by atoms with Gasteiger partial charge in [-0.1, -0.05) is 48.5 Å². The number of hydrogen-bond acceptors (Lipinski definition) is 5. The van der Waals surface area contributed by atoms with Gasteiger partial charge < -0.3 is 24.8 Å². The van der Waals surface area contributed by atoms with Gasteiger partial charge in [-0.3, -0.25) is 9.59 Å². The van der Waals surface area contributed by atoms with E-state index < -0.39 is 23.0 Å². The van der Waals surface area contributed by atoms with Crippen LogP contribution in [0.3, 0.4) is 0 Å². The number of nitrogens with one attached hydrogen (secondary N) is 1. The molecule has 2 saturated heterocycles. The minimum atomic E-state index is -1.25. The van der Waals surface area contributed by atoms with Crippen molar-refractivity contribution in [2.75, 3.05) is 32.9 Å². The van der Waals surface area contributed by atoms with Gasteiger partial charge in [0.15, 0.2) is 0 Å². The Bertz CT molecular complexity index is 1130. The van der Waals surface area contributed by atoms with E-state index in [0.717, 1.165) is 22.3 Å². The normalized spacial score (nSPS) is 23.3. The zero-order valence-corrected chi connectivity index (χ0v) is 20.0. The van der Waals surface area contributed by atoms with E-state index in [2.05, 4.69) is 17.4 Å². The van der Waals surface area contributed by atoms with Gasteiger partial charge in [-0.25, -0.2) is 4.79 Å². The average Bonchev–Trinajstić information content (AvgIpc) is 3.39. The number of rotatable bonds is 5. The van der Waals surface area contributed by atoms with Crippen molar-refractivity contribution < 1.29 is 29.0 Å². The Labute approximate surface area is 204 Å². The monoisotopic (exact) mass is 478 g/mol. The van der Waals surface area contributed by atoms with Crippen molar-refractivity contribution in [3.05, 3.63) is 59.7 Å². The maximum absolute atomic E-state index is 13.3. The Morgan fingerprint density at radius 2 is 1.74 bits per heavy atom. The highest BCUT2D eigenvalue weighted by atomic mass is 16.5. The van der Waals surface area contributed by atoms with Crippen LogP contribution in [0.2, 0.25) is 0 Å². The molecule has 2 aromatic rings. The SMILES string of the molecule is CC(C)(NC(=O)OCC1c2ccccc2-c2ccccc21)C(=O)N1CC2COCCC2(C(=O)O)C1. The van der Waals surface area contributed by atoms with Crippen LogP contribution >= 0.6 is 0 Å². The quantitative estimate of drug-likeness (QED) is 0.684. The smallest absolute Gasteiger partial charge is 0.408 e. The highest BCUT2D eigenvalue weighted by Gasteiger charge is 2.56. The van der Waals surface area contributed by atoms with E-state index in [9.17, 15) is 19.5 Å². The lowest BCUT2D eigenvalue weighted by atomic mass is 9.74. The number of carboxylic acid groups (broad SMARTS) is 1. The standard InChI is InChI=1S/C27H30N2O6/c1-26(2,23(30)29-13-17-14-34-12-11-27(17,16-29)24(31)32)28-25(33)35-15-22-20-9-5-3-7-18(20)19-8-4-6-10-21(19)22/h3-10,17,22H,11-16H2,1-2H3,(H,28,33)(H,31,32). The average molecular weight is 479 g/mol. The van der Waals surface area contributed by atoms with Crippen molar-refractivity contribution in [2.24, 2.45) is 11.3 Å².